The SMILES string of the molecule is CC(NCCc1c[nH]c2c(Cl)cccc12)c1ccc(C(F)F)nc1. The van der Waals surface area contributed by atoms with Gasteiger partial charge in [0.15, 0.2) is 0 Å². The molecule has 0 spiro atoms. The van der Waals surface area contributed by atoms with Crippen molar-refractivity contribution in [3.05, 3.63) is 64.6 Å². The van der Waals surface area contributed by atoms with Crippen molar-refractivity contribution in [1.29, 1.82) is 0 Å². The molecule has 126 valence electrons. The first-order valence-corrected chi connectivity index (χ1v) is 8.16. The highest BCUT2D eigenvalue weighted by atomic mass is 35.5. The number of nitrogens with zero attached hydrogens (tertiary/aromatic N) is 1. The lowest BCUT2D eigenvalue weighted by Gasteiger charge is -2.14. The zero-order valence-electron chi connectivity index (χ0n) is 13.2. The molecule has 3 aromatic rings. The van der Waals surface area contributed by atoms with Crippen LogP contribution in [0.15, 0.2) is 42.7 Å². The fourth-order valence-corrected chi connectivity index (χ4v) is 2.95. The Morgan fingerprint density at radius 2 is 2.08 bits per heavy atom. The normalized spacial score (nSPS) is 12.9. The highest BCUT2D eigenvalue weighted by Gasteiger charge is 2.11. The third-order valence-corrected chi connectivity index (χ3v) is 4.44. The summed E-state index contributed by atoms with van der Waals surface area (Å²) in [6.07, 6.45) is 1.79. The van der Waals surface area contributed by atoms with Gasteiger partial charge in [0.2, 0.25) is 0 Å². The molecule has 2 aromatic heterocycles. The number of nitrogens with one attached hydrogen (secondary N) is 2. The number of halogens is 3. The first kappa shape index (κ1) is 16.9. The standard InChI is InChI=1S/C18H18ClF2N3/c1-11(12-5-6-16(18(20)21)23-9-12)22-8-7-13-10-24-17-14(13)3-2-4-15(17)19/h2-6,9-11,18,22,24H,7-8H2,1H3. The molecular formula is C18H18ClF2N3. The Kier molecular flexibility index (Phi) is 5.11. The van der Waals surface area contributed by atoms with Crippen molar-refractivity contribution >= 4 is 22.5 Å². The Morgan fingerprint density at radius 1 is 1.25 bits per heavy atom. The Morgan fingerprint density at radius 3 is 2.79 bits per heavy atom. The van der Waals surface area contributed by atoms with E-state index in [1.54, 1.807) is 6.07 Å². The zero-order chi connectivity index (χ0) is 17.1. The maximum Gasteiger partial charge on any atom is 0.280 e. The van der Waals surface area contributed by atoms with E-state index in [2.05, 4.69) is 15.3 Å². The third kappa shape index (κ3) is 3.57. The topological polar surface area (TPSA) is 40.7 Å². The number of fused-ring (bicyclic) bond motifs is 1. The second-order valence-corrected chi connectivity index (χ2v) is 6.13. The van der Waals surface area contributed by atoms with Crippen LogP contribution in [0.4, 0.5) is 8.78 Å². The number of pyridine rings is 1. The lowest BCUT2D eigenvalue weighted by atomic mass is 10.1. The Labute approximate surface area is 144 Å². The molecule has 1 aromatic carbocycles. The van der Waals surface area contributed by atoms with Crippen LogP contribution >= 0.6 is 11.6 Å². The van der Waals surface area contributed by atoms with Gasteiger partial charge in [-0.15, -0.1) is 0 Å². The summed E-state index contributed by atoms with van der Waals surface area (Å²) in [7, 11) is 0. The maximum atomic E-state index is 12.5. The molecule has 2 heterocycles. The van der Waals surface area contributed by atoms with Gasteiger partial charge in [0, 0.05) is 23.8 Å². The highest BCUT2D eigenvalue weighted by Crippen LogP contribution is 2.25. The number of para-hydroxylation sites is 1. The van der Waals surface area contributed by atoms with E-state index >= 15 is 0 Å². The molecule has 0 saturated heterocycles. The lowest BCUT2D eigenvalue weighted by molar-refractivity contribution is 0.146. The molecule has 0 aliphatic carbocycles. The van der Waals surface area contributed by atoms with Gasteiger partial charge in [0.1, 0.15) is 5.69 Å². The van der Waals surface area contributed by atoms with Gasteiger partial charge in [0.25, 0.3) is 6.43 Å². The van der Waals surface area contributed by atoms with Crippen LogP contribution in [-0.4, -0.2) is 16.5 Å². The van der Waals surface area contributed by atoms with E-state index in [1.807, 2.05) is 31.3 Å². The van der Waals surface area contributed by atoms with Crippen LogP contribution < -0.4 is 5.32 Å². The summed E-state index contributed by atoms with van der Waals surface area (Å²) in [5.74, 6) is 0. The van der Waals surface area contributed by atoms with Crippen molar-refractivity contribution in [1.82, 2.24) is 15.3 Å². The van der Waals surface area contributed by atoms with Gasteiger partial charge in [-0.25, -0.2) is 8.78 Å². The molecule has 2 N–H and O–H groups in total. The molecule has 6 heteroatoms. The van der Waals surface area contributed by atoms with Gasteiger partial charge >= 0.3 is 0 Å². The Hall–Kier alpha value is -1.98. The fraction of sp³-hybridized carbons (Fsp3) is 0.278. The Bertz CT molecular complexity index is 815. The molecule has 0 bridgehead atoms. The maximum absolute atomic E-state index is 12.5. The lowest BCUT2D eigenvalue weighted by Crippen LogP contribution is -2.21. The van der Waals surface area contributed by atoms with Crippen molar-refractivity contribution in [3.8, 4) is 0 Å². The van der Waals surface area contributed by atoms with Gasteiger partial charge in [-0.05, 0) is 43.1 Å². The predicted octanol–water partition coefficient (Wildman–Crippen LogP) is 5.05. The summed E-state index contributed by atoms with van der Waals surface area (Å²) >= 11 is 6.16. The Balaban J connectivity index is 1.60. The molecule has 0 amide bonds. The molecule has 3 rings (SSSR count). The number of aromatic amines is 1. The fourth-order valence-electron chi connectivity index (χ4n) is 2.73. The summed E-state index contributed by atoms with van der Waals surface area (Å²) in [4.78, 5) is 7.00. The summed E-state index contributed by atoms with van der Waals surface area (Å²) in [5.41, 5.74) is 2.84. The molecule has 0 aliphatic rings. The van der Waals surface area contributed by atoms with Crippen LogP contribution in [0.25, 0.3) is 10.9 Å². The van der Waals surface area contributed by atoms with Gasteiger partial charge in [-0.1, -0.05) is 29.8 Å². The molecule has 3 nitrogen and oxygen atoms in total. The first-order chi connectivity index (χ1) is 11.6. The average Bonchev–Trinajstić information content (AvgIpc) is 2.99. The number of aromatic nitrogens is 2. The second-order valence-electron chi connectivity index (χ2n) is 5.72. The van der Waals surface area contributed by atoms with Crippen LogP contribution in [0.5, 0.6) is 0 Å². The van der Waals surface area contributed by atoms with E-state index in [1.165, 1.54) is 17.8 Å². The first-order valence-electron chi connectivity index (χ1n) is 7.78. The monoisotopic (exact) mass is 349 g/mol. The van der Waals surface area contributed by atoms with E-state index in [0.717, 1.165) is 29.4 Å². The number of benzene rings is 1. The van der Waals surface area contributed by atoms with Gasteiger partial charge in [-0.2, -0.15) is 0 Å². The van der Waals surface area contributed by atoms with Gasteiger partial charge in [-0.3, -0.25) is 4.98 Å². The van der Waals surface area contributed by atoms with Gasteiger partial charge in [0.05, 0.1) is 10.5 Å². The van der Waals surface area contributed by atoms with Crippen LogP contribution in [0, 0.1) is 0 Å². The molecule has 0 saturated carbocycles. The van der Waals surface area contributed by atoms with Crippen LogP contribution in [0.3, 0.4) is 0 Å². The molecule has 0 aliphatic heterocycles. The highest BCUT2D eigenvalue weighted by molar-refractivity contribution is 6.35. The minimum atomic E-state index is -2.53. The minimum Gasteiger partial charge on any atom is -0.360 e. The number of hydrogen-bond acceptors (Lipinski definition) is 2. The number of hydrogen-bond donors (Lipinski definition) is 2. The number of alkyl halides is 2. The molecule has 1 atom stereocenters. The van der Waals surface area contributed by atoms with E-state index in [-0.39, 0.29) is 11.7 Å². The predicted molar refractivity (Wildman–Crippen MR) is 92.6 cm³/mol. The number of rotatable bonds is 6. The average molecular weight is 350 g/mol. The van der Waals surface area contributed by atoms with Crippen molar-refractivity contribution in [2.24, 2.45) is 0 Å². The summed E-state index contributed by atoms with van der Waals surface area (Å²) in [5, 5.41) is 5.23. The quantitative estimate of drug-likeness (QED) is 0.654. The third-order valence-electron chi connectivity index (χ3n) is 4.13. The van der Waals surface area contributed by atoms with Crippen LogP contribution in [-0.2, 0) is 6.42 Å². The zero-order valence-corrected chi connectivity index (χ0v) is 13.9. The molecule has 1 unspecified atom stereocenters. The van der Waals surface area contributed by atoms with E-state index in [0.29, 0.717) is 5.02 Å². The smallest absolute Gasteiger partial charge is 0.280 e. The molecule has 0 radical (unpaired) electrons. The van der Waals surface area contributed by atoms with Crippen LogP contribution in [0.1, 0.15) is 36.2 Å². The van der Waals surface area contributed by atoms with Crippen molar-refractivity contribution in [3.63, 3.8) is 0 Å². The molecule has 0 fully saturated rings. The molecule has 24 heavy (non-hydrogen) atoms. The largest absolute Gasteiger partial charge is 0.360 e. The molecular weight excluding hydrogens is 332 g/mol. The van der Waals surface area contributed by atoms with E-state index in [4.69, 9.17) is 11.6 Å². The van der Waals surface area contributed by atoms with Crippen molar-refractivity contribution in [2.75, 3.05) is 6.54 Å². The van der Waals surface area contributed by atoms with E-state index in [9.17, 15) is 8.78 Å². The van der Waals surface area contributed by atoms with E-state index < -0.39 is 6.43 Å². The van der Waals surface area contributed by atoms with Crippen molar-refractivity contribution < 1.29 is 8.78 Å². The summed E-state index contributed by atoms with van der Waals surface area (Å²) in [6, 6.07) is 8.95. The van der Waals surface area contributed by atoms with Crippen molar-refractivity contribution in [2.45, 2.75) is 25.8 Å². The number of H-pyrrole nitrogens is 1. The second kappa shape index (κ2) is 7.28. The summed E-state index contributed by atoms with van der Waals surface area (Å²) in [6.45, 7) is 2.75. The minimum absolute atomic E-state index is 0.0398. The van der Waals surface area contributed by atoms with Crippen LogP contribution in [0.2, 0.25) is 5.02 Å². The summed E-state index contributed by atoms with van der Waals surface area (Å²) < 4.78 is 25.1. The van der Waals surface area contributed by atoms with Gasteiger partial charge < -0.3 is 10.3 Å².